The SMILES string of the molecule is O=C(O)C1CCC(Nc2cnn(Cc3ccncc3)c2)CC1. The number of pyridine rings is 1. The van der Waals surface area contributed by atoms with Crippen LogP contribution in [0.25, 0.3) is 0 Å². The van der Waals surface area contributed by atoms with Crippen molar-refractivity contribution in [3.05, 3.63) is 42.5 Å². The summed E-state index contributed by atoms with van der Waals surface area (Å²) in [6.07, 6.45) is 10.7. The molecule has 0 unspecified atom stereocenters. The van der Waals surface area contributed by atoms with E-state index in [1.54, 1.807) is 12.4 Å². The number of nitrogens with one attached hydrogen (secondary N) is 1. The fourth-order valence-electron chi connectivity index (χ4n) is 2.92. The van der Waals surface area contributed by atoms with Gasteiger partial charge in [-0.1, -0.05) is 0 Å². The number of aliphatic carboxylic acids is 1. The fourth-order valence-corrected chi connectivity index (χ4v) is 2.92. The van der Waals surface area contributed by atoms with Crippen LogP contribution in [0.5, 0.6) is 0 Å². The number of carboxylic acids is 1. The average molecular weight is 300 g/mol. The second-order valence-electron chi connectivity index (χ2n) is 5.81. The molecule has 1 aliphatic carbocycles. The van der Waals surface area contributed by atoms with E-state index in [4.69, 9.17) is 5.11 Å². The standard InChI is InChI=1S/C16H20N4O2/c21-16(22)13-1-3-14(4-2-13)19-15-9-18-20(11-15)10-12-5-7-17-8-6-12/h5-9,11,13-14,19H,1-4,10H2,(H,21,22). The van der Waals surface area contributed by atoms with E-state index in [-0.39, 0.29) is 5.92 Å². The molecular weight excluding hydrogens is 280 g/mol. The zero-order chi connectivity index (χ0) is 15.4. The Bertz CT molecular complexity index is 618. The van der Waals surface area contributed by atoms with Crippen LogP contribution in [-0.2, 0) is 11.3 Å². The van der Waals surface area contributed by atoms with Crippen LogP contribution in [0.2, 0.25) is 0 Å². The molecule has 2 aromatic heterocycles. The van der Waals surface area contributed by atoms with Gasteiger partial charge in [0.1, 0.15) is 0 Å². The van der Waals surface area contributed by atoms with Gasteiger partial charge in [-0.15, -0.1) is 0 Å². The van der Waals surface area contributed by atoms with E-state index in [1.807, 2.05) is 29.2 Å². The predicted octanol–water partition coefficient (Wildman–Crippen LogP) is 2.38. The molecule has 0 amide bonds. The van der Waals surface area contributed by atoms with E-state index >= 15 is 0 Å². The lowest BCUT2D eigenvalue weighted by molar-refractivity contribution is -0.142. The number of carboxylic acid groups (broad SMARTS) is 1. The van der Waals surface area contributed by atoms with Gasteiger partial charge >= 0.3 is 5.97 Å². The molecule has 1 saturated carbocycles. The van der Waals surface area contributed by atoms with Crippen LogP contribution in [0.4, 0.5) is 5.69 Å². The number of rotatable bonds is 5. The number of carbonyl (C=O) groups is 1. The predicted molar refractivity (Wildman–Crippen MR) is 82.6 cm³/mol. The Morgan fingerprint density at radius 3 is 2.68 bits per heavy atom. The normalized spacial score (nSPS) is 21.5. The molecule has 3 rings (SSSR count). The van der Waals surface area contributed by atoms with Gasteiger partial charge in [0.25, 0.3) is 0 Å². The molecule has 0 saturated heterocycles. The van der Waals surface area contributed by atoms with E-state index in [1.165, 1.54) is 0 Å². The van der Waals surface area contributed by atoms with Crippen LogP contribution in [0.15, 0.2) is 36.9 Å². The van der Waals surface area contributed by atoms with Crippen molar-refractivity contribution in [3.8, 4) is 0 Å². The number of nitrogens with zero attached hydrogens (tertiary/aromatic N) is 3. The molecule has 0 bridgehead atoms. The van der Waals surface area contributed by atoms with Gasteiger partial charge in [0.05, 0.1) is 24.3 Å². The Hall–Kier alpha value is -2.37. The summed E-state index contributed by atoms with van der Waals surface area (Å²) < 4.78 is 1.89. The molecule has 22 heavy (non-hydrogen) atoms. The summed E-state index contributed by atoms with van der Waals surface area (Å²) in [6, 6.07) is 4.29. The van der Waals surface area contributed by atoms with E-state index < -0.39 is 5.97 Å². The minimum Gasteiger partial charge on any atom is -0.481 e. The Morgan fingerprint density at radius 2 is 2.00 bits per heavy atom. The van der Waals surface area contributed by atoms with Crippen molar-refractivity contribution in [2.75, 3.05) is 5.32 Å². The van der Waals surface area contributed by atoms with Crippen molar-refractivity contribution in [1.82, 2.24) is 14.8 Å². The molecule has 6 heteroatoms. The molecule has 2 heterocycles. The summed E-state index contributed by atoms with van der Waals surface area (Å²) in [4.78, 5) is 15.0. The molecule has 2 aromatic rings. The molecule has 6 nitrogen and oxygen atoms in total. The minimum atomic E-state index is -0.663. The zero-order valence-electron chi connectivity index (χ0n) is 12.4. The molecule has 0 aliphatic heterocycles. The molecule has 0 atom stereocenters. The Kier molecular flexibility index (Phi) is 4.37. The largest absolute Gasteiger partial charge is 0.481 e. The van der Waals surface area contributed by atoms with E-state index in [9.17, 15) is 4.79 Å². The van der Waals surface area contributed by atoms with Gasteiger partial charge in [-0.05, 0) is 43.4 Å². The van der Waals surface area contributed by atoms with Gasteiger partial charge in [-0.2, -0.15) is 5.10 Å². The van der Waals surface area contributed by atoms with Crippen LogP contribution >= 0.6 is 0 Å². The van der Waals surface area contributed by atoms with Crippen molar-refractivity contribution in [2.45, 2.75) is 38.3 Å². The molecule has 1 fully saturated rings. The maximum Gasteiger partial charge on any atom is 0.306 e. The first-order valence-electron chi connectivity index (χ1n) is 7.61. The third-order valence-electron chi connectivity index (χ3n) is 4.17. The van der Waals surface area contributed by atoms with Gasteiger partial charge in [0.2, 0.25) is 0 Å². The lowest BCUT2D eigenvalue weighted by atomic mass is 9.86. The number of aromatic nitrogens is 3. The van der Waals surface area contributed by atoms with Crippen LogP contribution < -0.4 is 5.32 Å². The van der Waals surface area contributed by atoms with Crippen molar-refractivity contribution >= 4 is 11.7 Å². The van der Waals surface area contributed by atoms with Crippen molar-refractivity contribution < 1.29 is 9.90 Å². The average Bonchev–Trinajstić information content (AvgIpc) is 2.96. The van der Waals surface area contributed by atoms with Crippen molar-refractivity contribution in [3.63, 3.8) is 0 Å². The summed E-state index contributed by atoms with van der Waals surface area (Å²) in [5, 5.41) is 16.8. The van der Waals surface area contributed by atoms with Crippen molar-refractivity contribution in [2.24, 2.45) is 5.92 Å². The Balaban J connectivity index is 1.53. The van der Waals surface area contributed by atoms with E-state index in [0.717, 1.165) is 43.5 Å². The Labute approximate surface area is 129 Å². The second-order valence-corrected chi connectivity index (χ2v) is 5.81. The van der Waals surface area contributed by atoms with E-state index in [0.29, 0.717) is 6.04 Å². The summed E-state index contributed by atoms with van der Waals surface area (Å²) in [7, 11) is 0. The van der Waals surface area contributed by atoms with Gasteiger partial charge < -0.3 is 10.4 Å². The monoisotopic (exact) mass is 300 g/mol. The lowest BCUT2D eigenvalue weighted by Crippen LogP contribution is -2.29. The number of hydrogen-bond donors (Lipinski definition) is 2. The van der Waals surface area contributed by atoms with Crippen molar-refractivity contribution in [1.29, 1.82) is 0 Å². The molecule has 0 radical (unpaired) electrons. The zero-order valence-corrected chi connectivity index (χ0v) is 12.4. The molecule has 0 spiro atoms. The molecular formula is C16H20N4O2. The minimum absolute atomic E-state index is 0.174. The molecule has 2 N–H and O–H groups in total. The first kappa shape index (κ1) is 14.6. The van der Waals surface area contributed by atoms with Crippen LogP contribution in [-0.4, -0.2) is 31.9 Å². The number of hydrogen-bond acceptors (Lipinski definition) is 4. The topological polar surface area (TPSA) is 80.0 Å². The van der Waals surface area contributed by atoms with Gasteiger partial charge in [0.15, 0.2) is 0 Å². The second kappa shape index (κ2) is 6.60. The first-order chi connectivity index (χ1) is 10.7. The molecule has 116 valence electrons. The van der Waals surface area contributed by atoms with Crippen LogP contribution in [0.1, 0.15) is 31.2 Å². The highest BCUT2D eigenvalue weighted by Crippen LogP contribution is 2.26. The molecule has 0 aromatic carbocycles. The summed E-state index contributed by atoms with van der Waals surface area (Å²) >= 11 is 0. The lowest BCUT2D eigenvalue weighted by Gasteiger charge is -2.26. The molecule has 1 aliphatic rings. The number of anilines is 1. The van der Waals surface area contributed by atoms with E-state index in [2.05, 4.69) is 15.4 Å². The summed E-state index contributed by atoms with van der Waals surface area (Å²) in [5.41, 5.74) is 2.15. The smallest absolute Gasteiger partial charge is 0.306 e. The fraction of sp³-hybridized carbons (Fsp3) is 0.438. The maximum absolute atomic E-state index is 11.0. The van der Waals surface area contributed by atoms with Crippen LogP contribution in [0, 0.1) is 5.92 Å². The van der Waals surface area contributed by atoms with Crippen LogP contribution in [0.3, 0.4) is 0 Å². The Morgan fingerprint density at radius 1 is 1.27 bits per heavy atom. The highest BCUT2D eigenvalue weighted by atomic mass is 16.4. The third-order valence-corrected chi connectivity index (χ3v) is 4.17. The van der Waals surface area contributed by atoms with Gasteiger partial charge in [-0.25, -0.2) is 0 Å². The summed E-state index contributed by atoms with van der Waals surface area (Å²) in [6.45, 7) is 0.718. The third kappa shape index (κ3) is 3.63. The summed E-state index contributed by atoms with van der Waals surface area (Å²) in [5.74, 6) is -0.837. The highest BCUT2D eigenvalue weighted by Gasteiger charge is 2.25. The maximum atomic E-state index is 11.0. The highest BCUT2D eigenvalue weighted by molar-refractivity contribution is 5.70. The quantitative estimate of drug-likeness (QED) is 0.886. The van der Waals surface area contributed by atoms with Gasteiger partial charge in [-0.3, -0.25) is 14.5 Å². The van der Waals surface area contributed by atoms with Gasteiger partial charge in [0, 0.05) is 24.6 Å². The first-order valence-corrected chi connectivity index (χ1v) is 7.61.